The van der Waals surface area contributed by atoms with Gasteiger partial charge in [-0.15, -0.1) is 0 Å². The van der Waals surface area contributed by atoms with Gasteiger partial charge in [0.05, 0.1) is 5.56 Å². The topological polar surface area (TPSA) is 63.3 Å². The first kappa shape index (κ1) is 11.3. The fourth-order valence-electron chi connectivity index (χ4n) is 1.24. The molecule has 3 nitrogen and oxygen atoms in total. The van der Waals surface area contributed by atoms with Crippen LogP contribution in [-0.2, 0) is 0 Å². The van der Waals surface area contributed by atoms with Crippen molar-refractivity contribution in [2.45, 2.75) is 19.8 Å². The van der Waals surface area contributed by atoms with Crippen LogP contribution in [-0.4, -0.2) is 11.1 Å². The van der Waals surface area contributed by atoms with E-state index in [0.717, 1.165) is 9.13 Å². The summed E-state index contributed by atoms with van der Waals surface area (Å²) in [5, 5.41) is 8.84. The minimum atomic E-state index is -0.976. The van der Waals surface area contributed by atoms with Crippen molar-refractivity contribution in [2.75, 3.05) is 5.73 Å². The summed E-state index contributed by atoms with van der Waals surface area (Å²) in [7, 11) is 0. The Bertz CT molecular complexity index is 375. The van der Waals surface area contributed by atoms with Crippen molar-refractivity contribution in [1.29, 1.82) is 0 Å². The van der Waals surface area contributed by atoms with E-state index in [1.165, 1.54) is 0 Å². The molecule has 0 amide bonds. The van der Waals surface area contributed by atoms with Crippen LogP contribution in [0.3, 0.4) is 0 Å². The van der Waals surface area contributed by atoms with Gasteiger partial charge in [0.15, 0.2) is 0 Å². The highest BCUT2D eigenvalue weighted by atomic mass is 127. The number of anilines is 1. The average molecular weight is 305 g/mol. The predicted molar refractivity (Wildman–Crippen MR) is 64.6 cm³/mol. The van der Waals surface area contributed by atoms with E-state index in [1.54, 1.807) is 12.1 Å². The van der Waals surface area contributed by atoms with Gasteiger partial charge in [-0.05, 0) is 46.2 Å². The molecule has 0 aliphatic carbocycles. The normalized spacial score (nSPS) is 10.6. The van der Waals surface area contributed by atoms with E-state index in [2.05, 4.69) is 36.4 Å². The molecule has 0 fully saturated rings. The highest BCUT2D eigenvalue weighted by Crippen LogP contribution is 2.26. The largest absolute Gasteiger partial charge is 0.478 e. The molecule has 0 saturated carbocycles. The first-order valence-electron chi connectivity index (χ1n) is 4.25. The number of hydrogen-bond donors (Lipinski definition) is 2. The molecule has 0 aromatic heterocycles. The third-order valence-corrected chi connectivity index (χ3v) is 2.96. The van der Waals surface area contributed by atoms with Crippen LogP contribution < -0.4 is 5.73 Å². The van der Waals surface area contributed by atoms with Gasteiger partial charge in [-0.25, -0.2) is 4.79 Å². The second-order valence-electron chi connectivity index (χ2n) is 3.42. The van der Waals surface area contributed by atoms with E-state index in [-0.39, 0.29) is 5.56 Å². The summed E-state index contributed by atoms with van der Waals surface area (Å²) in [5.74, 6) is -0.622. The number of aromatic carboxylic acids is 1. The monoisotopic (exact) mass is 305 g/mol. The fourth-order valence-corrected chi connectivity index (χ4v) is 2.33. The van der Waals surface area contributed by atoms with E-state index < -0.39 is 5.97 Å². The minimum absolute atomic E-state index is 0.179. The molecule has 1 aromatic rings. The van der Waals surface area contributed by atoms with Crippen molar-refractivity contribution in [1.82, 2.24) is 0 Å². The zero-order valence-corrected chi connectivity index (χ0v) is 10.2. The molecule has 0 saturated heterocycles. The standard InChI is InChI=1S/C10H12INO2/c1-5(2)6-4-9(12)7(10(13)14)3-8(6)11/h3-5H,12H2,1-2H3,(H,13,14). The van der Waals surface area contributed by atoms with Crippen LogP contribution in [0, 0.1) is 3.57 Å². The van der Waals surface area contributed by atoms with Gasteiger partial charge in [0, 0.05) is 9.26 Å². The average Bonchev–Trinajstić information content (AvgIpc) is 2.07. The second kappa shape index (κ2) is 4.16. The molecule has 0 heterocycles. The van der Waals surface area contributed by atoms with E-state index >= 15 is 0 Å². The molecule has 0 spiro atoms. The number of carboxylic acid groups (broad SMARTS) is 1. The zero-order valence-electron chi connectivity index (χ0n) is 8.04. The lowest BCUT2D eigenvalue weighted by Crippen LogP contribution is -2.05. The van der Waals surface area contributed by atoms with E-state index in [1.807, 2.05) is 0 Å². The van der Waals surface area contributed by atoms with Gasteiger partial charge in [0.25, 0.3) is 0 Å². The quantitative estimate of drug-likeness (QED) is 0.652. The molecule has 0 bridgehead atoms. The van der Waals surface area contributed by atoms with Crippen molar-refractivity contribution in [3.8, 4) is 0 Å². The number of carboxylic acids is 1. The summed E-state index contributed by atoms with van der Waals surface area (Å²) in [6.07, 6.45) is 0. The molecule has 14 heavy (non-hydrogen) atoms. The summed E-state index contributed by atoms with van der Waals surface area (Å²) < 4.78 is 0.948. The summed E-state index contributed by atoms with van der Waals surface area (Å²) in [6, 6.07) is 3.36. The van der Waals surface area contributed by atoms with Gasteiger partial charge < -0.3 is 10.8 Å². The molecule has 0 radical (unpaired) electrons. The van der Waals surface area contributed by atoms with Crippen molar-refractivity contribution in [2.24, 2.45) is 0 Å². The Morgan fingerprint density at radius 1 is 1.50 bits per heavy atom. The maximum absolute atomic E-state index is 10.8. The molecule has 0 aliphatic rings. The maximum atomic E-state index is 10.8. The Morgan fingerprint density at radius 2 is 2.07 bits per heavy atom. The van der Waals surface area contributed by atoms with Crippen LogP contribution in [0.4, 0.5) is 5.69 Å². The third kappa shape index (κ3) is 2.17. The van der Waals surface area contributed by atoms with Crippen LogP contribution in [0.25, 0.3) is 0 Å². The van der Waals surface area contributed by atoms with Gasteiger partial charge in [0.2, 0.25) is 0 Å². The number of hydrogen-bond acceptors (Lipinski definition) is 2. The molecule has 0 aliphatic heterocycles. The Balaban J connectivity index is 3.31. The lowest BCUT2D eigenvalue weighted by atomic mass is 10.0. The van der Waals surface area contributed by atoms with Crippen molar-refractivity contribution >= 4 is 34.2 Å². The first-order valence-corrected chi connectivity index (χ1v) is 5.33. The van der Waals surface area contributed by atoms with Crippen LogP contribution >= 0.6 is 22.6 Å². The highest BCUT2D eigenvalue weighted by molar-refractivity contribution is 14.1. The second-order valence-corrected chi connectivity index (χ2v) is 4.58. The van der Waals surface area contributed by atoms with Gasteiger partial charge in [-0.1, -0.05) is 13.8 Å². The lowest BCUT2D eigenvalue weighted by Gasteiger charge is -2.11. The highest BCUT2D eigenvalue weighted by Gasteiger charge is 2.13. The molecule has 1 rings (SSSR count). The van der Waals surface area contributed by atoms with Crippen LogP contribution in [0.2, 0.25) is 0 Å². The van der Waals surface area contributed by atoms with Gasteiger partial charge in [0.1, 0.15) is 0 Å². The molecule has 0 atom stereocenters. The number of nitrogen functional groups attached to an aromatic ring is 1. The summed E-state index contributed by atoms with van der Waals surface area (Å²) in [5.41, 5.74) is 7.25. The molecule has 1 aromatic carbocycles. The Hall–Kier alpha value is -0.780. The number of benzene rings is 1. The zero-order chi connectivity index (χ0) is 10.9. The molecular weight excluding hydrogens is 293 g/mol. The number of rotatable bonds is 2. The lowest BCUT2D eigenvalue weighted by molar-refractivity contribution is 0.0698. The van der Waals surface area contributed by atoms with Crippen LogP contribution in [0.15, 0.2) is 12.1 Å². The smallest absolute Gasteiger partial charge is 0.337 e. The molecule has 76 valence electrons. The first-order chi connectivity index (χ1) is 6.43. The summed E-state index contributed by atoms with van der Waals surface area (Å²) in [6.45, 7) is 4.11. The van der Waals surface area contributed by atoms with Gasteiger partial charge >= 0.3 is 5.97 Å². The molecule has 0 unspecified atom stereocenters. The Kier molecular flexibility index (Phi) is 3.36. The summed E-state index contributed by atoms with van der Waals surface area (Å²) in [4.78, 5) is 10.8. The molecule has 4 heteroatoms. The number of carbonyl (C=O) groups is 1. The Morgan fingerprint density at radius 3 is 2.50 bits per heavy atom. The van der Waals surface area contributed by atoms with Crippen molar-refractivity contribution < 1.29 is 9.90 Å². The predicted octanol–water partition coefficient (Wildman–Crippen LogP) is 2.70. The van der Waals surface area contributed by atoms with E-state index in [4.69, 9.17) is 10.8 Å². The van der Waals surface area contributed by atoms with E-state index in [0.29, 0.717) is 11.6 Å². The molecule has 3 N–H and O–H groups in total. The van der Waals surface area contributed by atoms with Crippen LogP contribution in [0.1, 0.15) is 35.7 Å². The fraction of sp³-hybridized carbons (Fsp3) is 0.300. The van der Waals surface area contributed by atoms with Crippen LogP contribution in [0.5, 0.6) is 0 Å². The summed E-state index contributed by atoms with van der Waals surface area (Å²) >= 11 is 2.13. The Labute approximate surface area is 96.4 Å². The number of nitrogens with two attached hydrogens (primary N) is 1. The van der Waals surface area contributed by atoms with Gasteiger partial charge in [-0.3, -0.25) is 0 Å². The van der Waals surface area contributed by atoms with Crippen molar-refractivity contribution in [3.05, 3.63) is 26.8 Å². The molecular formula is C10H12INO2. The third-order valence-electron chi connectivity index (χ3n) is 2.02. The van der Waals surface area contributed by atoms with Crippen molar-refractivity contribution in [3.63, 3.8) is 0 Å². The van der Waals surface area contributed by atoms with E-state index in [9.17, 15) is 4.79 Å². The minimum Gasteiger partial charge on any atom is -0.478 e. The van der Waals surface area contributed by atoms with Gasteiger partial charge in [-0.2, -0.15) is 0 Å². The number of halogens is 1. The SMILES string of the molecule is CC(C)c1cc(N)c(C(=O)O)cc1I. The maximum Gasteiger partial charge on any atom is 0.337 e.